The van der Waals surface area contributed by atoms with Crippen molar-refractivity contribution in [3.05, 3.63) is 36.5 Å². The third-order valence-electron chi connectivity index (χ3n) is 1.22. The Hall–Kier alpha value is -1.38. The molecule has 0 bridgehead atoms. The van der Waals surface area contributed by atoms with E-state index < -0.39 is 5.97 Å². The van der Waals surface area contributed by atoms with E-state index in [2.05, 4.69) is 16.6 Å². The van der Waals surface area contributed by atoms with E-state index in [0.717, 1.165) is 5.56 Å². The van der Waals surface area contributed by atoms with Gasteiger partial charge in [0.15, 0.2) is 0 Å². The molecule has 3 nitrogen and oxygen atoms in total. The maximum Gasteiger partial charge on any atom is 0.356 e. The Balaban J connectivity index is 2.96. The van der Waals surface area contributed by atoms with Crippen molar-refractivity contribution in [2.24, 2.45) is 0 Å². The van der Waals surface area contributed by atoms with Crippen molar-refractivity contribution < 1.29 is 9.53 Å². The Bertz CT molecular complexity index is 271. The van der Waals surface area contributed by atoms with E-state index >= 15 is 0 Å². The van der Waals surface area contributed by atoms with Gasteiger partial charge in [-0.2, -0.15) is 0 Å². The molecular formula is C8H8NO2. The number of esters is 1. The smallest absolute Gasteiger partial charge is 0.356 e. The van der Waals surface area contributed by atoms with E-state index in [-0.39, 0.29) is 0 Å². The summed E-state index contributed by atoms with van der Waals surface area (Å²) in [4.78, 5) is 14.6. The maximum atomic E-state index is 10.9. The van der Waals surface area contributed by atoms with Gasteiger partial charge < -0.3 is 4.74 Å². The van der Waals surface area contributed by atoms with Crippen molar-refractivity contribution in [2.75, 3.05) is 7.11 Å². The molecule has 1 aromatic heterocycles. The average Bonchev–Trinajstić information content (AvgIpc) is 2.03. The summed E-state index contributed by atoms with van der Waals surface area (Å²) in [6.45, 7) is 3.65. The summed E-state index contributed by atoms with van der Waals surface area (Å²) in [6, 6.07) is 3.29. The van der Waals surface area contributed by atoms with Crippen LogP contribution in [0.25, 0.3) is 0 Å². The normalized spacial score (nSPS) is 9.27. The molecule has 0 saturated carbocycles. The van der Waals surface area contributed by atoms with Gasteiger partial charge in [0.2, 0.25) is 0 Å². The Labute approximate surface area is 65.0 Å². The van der Waals surface area contributed by atoms with Gasteiger partial charge in [0.05, 0.1) is 7.11 Å². The molecule has 0 amide bonds. The van der Waals surface area contributed by atoms with Gasteiger partial charge in [-0.1, -0.05) is 0 Å². The van der Waals surface area contributed by atoms with Crippen LogP contribution in [0.3, 0.4) is 0 Å². The SMILES string of the molecule is [CH2]c1ccnc(C(=O)OC)c1. The zero-order valence-corrected chi connectivity index (χ0v) is 6.20. The molecule has 0 atom stereocenters. The fraction of sp³-hybridized carbons (Fsp3) is 0.125. The van der Waals surface area contributed by atoms with Gasteiger partial charge in [-0.05, 0) is 24.6 Å². The monoisotopic (exact) mass is 150 g/mol. The molecule has 57 valence electrons. The van der Waals surface area contributed by atoms with E-state index in [1.54, 1.807) is 12.1 Å². The van der Waals surface area contributed by atoms with Crippen LogP contribution in [0.1, 0.15) is 16.1 Å². The summed E-state index contributed by atoms with van der Waals surface area (Å²) in [7, 11) is 1.32. The Morgan fingerprint density at radius 1 is 1.73 bits per heavy atom. The van der Waals surface area contributed by atoms with E-state index in [1.807, 2.05) is 0 Å². The van der Waals surface area contributed by atoms with Crippen LogP contribution in [0.4, 0.5) is 0 Å². The third kappa shape index (κ3) is 1.77. The molecule has 1 rings (SSSR count). The minimum Gasteiger partial charge on any atom is -0.464 e. The summed E-state index contributed by atoms with van der Waals surface area (Å²) in [5, 5.41) is 0. The summed E-state index contributed by atoms with van der Waals surface area (Å²) < 4.78 is 4.46. The number of aromatic nitrogens is 1. The highest BCUT2D eigenvalue weighted by Gasteiger charge is 2.04. The minimum absolute atomic E-state index is 0.292. The summed E-state index contributed by atoms with van der Waals surface area (Å²) in [6.07, 6.45) is 1.52. The highest BCUT2D eigenvalue weighted by atomic mass is 16.5. The molecule has 1 aromatic rings. The first-order chi connectivity index (χ1) is 5.24. The second-order valence-electron chi connectivity index (χ2n) is 2.04. The fourth-order valence-corrected chi connectivity index (χ4v) is 0.690. The van der Waals surface area contributed by atoms with Crippen LogP contribution in [-0.2, 0) is 4.74 Å². The van der Waals surface area contributed by atoms with Crippen LogP contribution in [-0.4, -0.2) is 18.1 Å². The molecule has 3 heteroatoms. The fourth-order valence-electron chi connectivity index (χ4n) is 0.690. The molecule has 11 heavy (non-hydrogen) atoms. The number of carbonyl (C=O) groups excluding carboxylic acids is 1. The van der Waals surface area contributed by atoms with Crippen LogP contribution in [0.15, 0.2) is 18.3 Å². The first-order valence-corrected chi connectivity index (χ1v) is 3.10. The molecule has 0 aromatic carbocycles. The molecule has 0 saturated heterocycles. The Morgan fingerprint density at radius 2 is 2.45 bits per heavy atom. The third-order valence-corrected chi connectivity index (χ3v) is 1.22. The van der Waals surface area contributed by atoms with Crippen LogP contribution in [0.2, 0.25) is 0 Å². The predicted molar refractivity (Wildman–Crippen MR) is 40.0 cm³/mol. The lowest BCUT2D eigenvalue weighted by atomic mass is 10.2. The lowest BCUT2D eigenvalue weighted by molar-refractivity contribution is 0.0594. The molecule has 0 unspecified atom stereocenters. The number of hydrogen-bond donors (Lipinski definition) is 0. The maximum absolute atomic E-state index is 10.9. The van der Waals surface area contributed by atoms with Gasteiger partial charge in [-0.15, -0.1) is 0 Å². The minimum atomic E-state index is -0.435. The van der Waals surface area contributed by atoms with Crippen molar-refractivity contribution in [1.29, 1.82) is 0 Å². The summed E-state index contributed by atoms with van der Waals surface area (Å²) in [5.74, 6) is -0.435. The number of pyridine rings is 1. The van der Waals surface area contributed by atoms with Crippen LogP contribution >= 0.6 is 0 Å². The molecule has 0 aliphatic rings. The molecule has 1 radical (unpaired) electrons. The molecule has 0 N–H and O–H groups in total. The van der Waals surface area contributed by atoms with Crippen LogP contribution < -0.4 is 0 Å². The molecule has 0 aliphatic carbocycles. The van der Waals surface area contributed by atoms with Gasteiger partial charge in [-0.25, -0.2) is 9.78 Å². The van der Waals surface area contributed by atoms with E-state index in [4.69, 9.17) is 0 Å². The number of ether oxygens (including phenoxy) is 1. The Morgan fingerprint density at radius 3 is 3.00 bits per heavy atom. The zero-order valence-electron chi connectivity index (χ0n) is 6.20. The quantitative estimate of drug-likeness (QED) is 0.562. The van der Waals surface area contributed by atoms with E-state index in [1.165, 1.54) is 13.3 Å². The lowest BCUT2D eigenvalue weighted by Crippen LogP contribution is -2.03. The van der Waals surface area contributed by atoms with Gasteiger partial charge in [0, 0.05) is 6.20 Å². The summed E-state index contributed by atoms with van der Waals surface area (Å²) >= 11 is 0. The highest BCUT2D eigenvalue weighted by molar-refractivity contribution is 5.87. The van der Waals surface area contributed by atoms with Crippen LogP contribution in [0, 0.1) is 6.92 Å². The van der Waals surface area contributed by atoms with Crippen molar-refractivity contribution in [3.63, 3.8) is 0 Å². The molecule has 1 heterocycles. The van der Waals surface area contributed by atoms with Crippen molar-refractivity contribution in [1.82, 2.24) is 4.98 Å². The molecule has 0 fully saturated rings. The largest absolute Gasteiger partial charge is 0.464 e. The van der Waals surface area contributed by atoms with Gasteiger partial charge in [-0.3, -0.25) is 0 Å². The van der Waals surface area contributed by atoms with Gasteiger partial charge in [0.25, 0.3) is 0 Å². The number of nitrogens with zero attached hydrogens (tertiary/aromatic N) is 1. The number of hydrogen-bond acceptors (Lipinski definition) is 3. The molecular weight excluding hydrogens is 142 g/mol. The van der Waals surface area contributed by atoms with Crippen LogP contribution in [0.5, 0.6) is 0 Å². The summed E-state index contributed by atoms with van der Waals surface area (Å²) in [5.41, 5.74) is 1.04. The Kier molecular flexibility index (Phi) is 2.21. The molecule has 0 spiro atoms. The first kappa shape index (κ1) is 7.72. The molecule has 0 aliphatic heterocycles. The topological polar surface area (TPSA) is 39.2 Å². The highest BCUT2D eigenvalue weighted by Crippen LogP contribution is 2.00. The standard InChI is InChI=1S/C8H8NO2/c1-6-3-4-9-7(5-6)8(10)11-2/h3-5H,1H2,2H3. The van der Waals surface area contributed by atoms with E-state index in [9.17, 15) is 4.79 Å². The van der Waals surface area contributed by atoms with Crippen molar-refractivity contribution >= 4 is 5.97 Å². The zero-order chi connectivity index (χ0) is 8.27. The second-order valence-corrected chi connectivity index (χ2v) is 2.04. The van der Waals surface area contributed by atoms with E-state index in [0.29, 0.717) is 5.69 Å². The average molecular weight is 150 g/mol. The number of methoxy groups -OCH3 is 1. The predicted octanol–water partition coefficient (Wildman–Crippen LogP) is 1.05. The van der Waals surface area contributed by atoms with Gasteiger partial charge in [0.1, 0.15) is 5.69 Å². The van der Waals surface area contributed by atoms with Gasteiger partial charge >= 0.3 is 5.97 Å². The lowest BCUT2D eigenvalue weighted by Gasteiger charge is -1.97. The van der Waals surface area contributed by atoms with Crippen molar-refractivity contribution in [3.8, 4) is 0 Å². The first-order valence-electron chi connectivity index (χ1n) is 3.10. The van der Waals surface area contributed by atoms with Crippen molar-refractivity contribution in [2.45, 2.75) is 0 Å². The number of carbonyl (C=O) groups is 1. The number of rotatable bonds is 1. The second kappa shape index (κ2) is 3.14.